The molecule has 7 heteroatoms. The van der Waals surface area contributed by atoms with Gasteiger partial charge in [-0.2, -0.15) is 0 Å². The van der Waals surface area contributed by atoms with Gasteiger partial charge in [0.2, 0.25) is 0 Å². The van der Waals surface area contributed by atoms with Crippen LogP contribution in [0.1, 0.15) is 27.4 Å². The fraction of sp³-hybridized carbons (Fsp3) is 0.278. The zero-order valence-electron chi connectivity index (χ0n) is 13.5. The molecule has 130 valence electrons. The van der Waals surface area contributed by atoms with Gasteiger partial charge >= 0.3 is 5.97 Å². The van der Waals surface area contributed by atoms with Crippen LogP contribution in [0.4, 0.5) is 0 Å². The van der Waals surface area contributed by atoms with Crippen LogP contribution in [0.3, 0.4) is 0 Å². The molecular formula is C18H17ClN2O4. The second-order valence-corrected chi connectivity index (χ2v) is 6.59. The van der Waals surface area contributed by atoms with Gasteiger partial charge in [-0.05, 0) is 24.1 Å². The highest BCUT2D eigenvalue weighted by molar-refractivity contribution is 6.30. The normalized spacial score (nSPS) is 19.8. The number of aromatic nitrogens is 1. The zero-order valence-corrected chi connectivity index (χ0v) is 14.3. The summed E-state index contributed by atoms with van der Waals surface area (Å²) in [5, 5.41) is 9.51. The van der Waals surface area contributed by atoms with E-state index in [0.29, 0.717) is 6.54 Å². The maximum absolute atomic E-state index is 12.7. The number of aliphatic carboxylic acids is 1. The van der Waals surface area contributed by atoms with Crippen LogP contribution in [0.5, 0.6) is 0 Å². The molecule has 1 saturated heterocycles. The smallest absolute Gasteiger partial charge is 0.308 e. The van der Waals surface area contributed by atoms with E-state index in [1.54, 1.807) is 0 Å². The number of carbonyl (C=O) groups excluding carboxylic acids is 1. The number of carbonyl (C=O) groups is 2. The summed E-state index contributed by atoms with van der Waals surface area (Å²) in [7, 11) is 0. The summed E-state index contributed by atoms with van der Waals surface area (Å²) < 4.78 is 0. The Bertz CT molecular complexity index is 893. The second-order valence-electron chi connectivity index (χ2n) is 6.18. The summed E-state index contributed by atoms with van der Waals surface area (Å²) in [6.07, 6.45) is 1.30. The number of nitrogens with zero attached hydrogens (tertiary/aromatic N) is 1. The number of carboxylic acid groups (broad SMARTS) is 1. The number of halogens is 1. The number of amides is 1. The van der Waals surface area contributed by atoms with E-state index in [1.165, 1.54) is 17.2 Å². The molecule has 0 aliphatic carbocycles. The topological polar surface area (TPSA) is 90.5 Å². The van der Waals surface area contributed by atoms with Gasteiger partial charge < -0.3 is 15.0 Å². The van der Waals surface area contributed by atoms with Gasteiger partial charge in [0, 0.05) is 25.2 Å². The van der Waals surface area contributed by atoms with Crippen LogP contribution in [0.2, 0.25) is 5.02 Å². The van der Waals surface area contributed by atoms with E-state index < -0.39 is 17.4 Å². The van der Waals surface area contributed by atoms with Crippen LogP contribution in [-0.4, -0.2) is 40.0 Å². The lowest BCUT2D eigenvalue weighted by molar-refractivity contribution is -0.141. The van der Waals surface area contributed by atoms with E-state index in [-0.39, 0.29) is 29.0 Å². The molecule has 0 bridgehead atoms. The van der Waals surface area contributed by atoms with E-state index in [2.05, 4.69) is 4.98 Å². The van der Waals surface area contributed by atoms with Gasteiger partial charge in [-0.15, -0.1) is 0 Å². The second kappa shape index (κ2) is 6.72. The van der Waals surface area contributed by atoms with Gasteiger partial charge in [0.15, 0.2) is 0 Å². The van der Waals surface area contributed by atoms with Crippen LogP contribution in [0, 0.1) is 12.8 Å². The molecule has 1 aromatic heterocycles. The maximum Gasteiger partial charge on any atom is 0.308 e. The number of benzene rings is 1. The number of H-pyrrole nitrogens is 1. The summed E-state index contributed by atoms with van der Waals surface area (Å²) in [6.45, 7) is 2.35. The molecule has 0 radical (unpaired) electrons. The summed E-state index contributed by atoms with van der Waals surface area (Å²) in [6, 6.07) is 8.91. The van der Waals surface area contributed by atoms with Gasteiger partial charge in [0.25, 0.3) is 11.5 Å². The number of pyridine rings is 1. The number of aromatic amines is 1. The van der Waals surface area contributed by atoms with Crippen molar-refractivity contribution < 1.29 is 14.7 Å². The first-order valence-corrected chi connectivity index (χ1v) is 8.22. The summed E-state index contributed by atoms with van der Waals surface area (Å²) in [5.41, 5.74) is 1.70. The molecule has 1 amide bonds. The van der Waals surface area contributed by atoms with E-state index in [1.807, 2.05) is 31.2 Å². The molecule has 2 N–H and O–H groups in total. The Morgan fingerprint density at radius 2 is 2.00 bits per heavy atom. The molecule has 25 heavy (non-hydrogen) atoms. The van der Waals surface area contributed by atoms with Gasteiger partial charge in [0.1, 0.15) is 5.02 Å². The molecule has 0 saturated carbocycles. The average Bonchev–Trinajstić information content (AvgIpc) is 3.02. The summed E-state index contributed by atoms with van der Waals surface area (Å²) in [4.78, 5) is 39.6. The minimum absolute atomic E-state index is 0.0738. The number of aryl methyl sites for hydroxylation is 1. The molecule has 0 spiro atoms. The predicted octanol–water partition coefficient (Wildman–Crippen LogP) is 2.28. The number of likely N-dealkylation sites (tertiary alicyclic amines) is 1. The molecule has 3 rings (SSSR count). The Kier molecular flexibility index (Phi) is 4.63. The third-order valence-corrected chi connectivity index (χ3v) is 4.90. The van der Waals surface area contributed by atoms with Crippen LogP contribution < -0.4 is 5.56 Å². The number of hydrogen-bond donors (Lipinski definition) is 2. The summed E-state index contributed by atoms with van der Waals surface area (Å²) >= 11 is 5.78. The third-order valence-electron chi connectivity index (χ3n) is 4.62. The highest BCUT2D eigenvalue weighted by atomic mass is 35.5. The van der Waals surface area contributed by atoms with Crippen molar-refractivity contribution in [3.63, 3.8) is 0 Å². The number of rotatable bonds is 3. The van der Waals surface area contributed by atoms with Crippen LogP contribution in [-0.2, 0) is 4.79 Å². The Morgan fingerprint density at radius 1 is 1.28 bits per heavy atom. The largest absolute Gasteiger partial charge is 0.481 e. The number of hydrogen-bond acceptors (Lipinski definition) is 3. The van der Waals surface area contributed by atoms with Gasteiger partial charge in [-0.25, -0.2) is 0 Å². The zero-order chi connectivity index (χ0) is 18.1. The van der Waals surface area contributed by atoms with Crippen molar-refractivity contribution in [1.29, 1.82) is 0 Å². The first-order valence-electron chi connectivity index (χ1n) is 7.84. The Morgan fingerprint density at radius 3 is 2.64 bits per heavy atom. The van der Waals surface area contributed by atoms with Crippen LogP contribution in [0.25, 0.3) is 0 Å². The molecule has 2 aromatic rings. The quantitative estimate of drug-likeness (QED) is 0.878. The molecule has 1 fully saturated rings. The van der Waals surface area contributed by atoms with Crippen LogP contribution in [0.15, 0.2) is 41.3 Å². The molecule has 1 aromatic carbocycles. The minimum Gasteiger partial charge on any atom is -0.481 e. The van der Waals surface area contributed by atoms with Crippen LogP contribution >= 0.6 is 11.6 Å². The SMILES string of the molecule is Cc1ccccc1[C@@H]1CN(C(=O)c2c[nH]c(=O)c(Cl)c2)C[C@H]1C(=O)O. The molecule has 1 aliphatic rings. The van der Waals surface area contributed by atoms with Crippen molar-refractivity contribution in [1.82, 2.24) is 9.88 Å². The third kappa shape index (κ3) is 3.30. The van der Waals surface area contributed by atoms with Gasteiger partial charge in [-0.3, -0.25) is 14.4 Å². The Balaban J connectivity index is 1.90. The summed E-state index contributed by atoms with van der Waals surface area (Å²) in [5.74, 6) is -2.23. The standard InChI is InChI=1S/C18H17ClN2O4/c1-10-4-2-3-5-12(10)13-8-21(9-14(13)18(24)25)17(23)11-6-15(19)16(22)20-7-11/h2-7,13-14H,8-9H2,1H3,(H,20,22)(H,24,25)/t13-,14+/m0/s1. The lowest BCUT2D eigenvalue weighted by atomic mass is 9.86. The van der Waals surface area contributed by atoms with Gasteiger partial charge in [-0.1, -0.05) is 35.9 Å². The lowest BCUT2D eigenvalue weighted by Crippen LogP contribution is -2.30. The van der Waals surface area contributed by atoms with E-state index >= 15 is 0 Å². The van der Waals surface area contributed by atoms with E-state index in [0.717, 1.165) is 11.1 Å². The first-order chi connectivity index (χ1) is 11.9. The van der Waals surface area contributed by atoms with Crippen molar-refractivity contribution in [2.24, 2.45) is 5.92 Å². The van der Waals surface area contributed by atoms with Crippen molar-refractivity contribution in [2.75, 3.05) is 13.1 Å². The molecule has 6 nitrogen and oxygen atoms in total. The van der Waals surface area contributed by atoms with Crippen molar-refractivity contribution in [3.8, 4) is 0 Å². The monoisotopic (exact) mass is 360 g/mol. The van der Waals surface area contributed by atoms with E-state index in [9.17, 15) is 19.5 Å². The highest BCUT2D eigenvalue weighted by Crippen LogP contribution is 2.35. The Labute approximate surface area is 149 Å². The van der Waals surface area contributed by atoms with Crippen molar-refractivity contribution in [2.45, 2.75) is 12.8 Å². The maximum atomic E-state index is 12.7. The number of nitrogens with one attached hydrogen (secondary N) is 1. The minimum atomic E-state index is -0.928. The fourth-order valence-corrected chi connectivity index (χ4v) is 3.47. The molecular weight excluding hydrogens is 344 g/mol. The molecule has 1 aliphatic heterocycles. The van der Waals surface area contributed by atoms with Crippen molar-refractivity contribution >= 4 is 23.5 Å². The first kappa shape index (κ1) is 17.2. The number of carboxylic acids is 1. The molecule has 0 unspecified atom stereocenters. The lowest BCUT2D eigenvalue weighted by Gasteiger charge is -2.18. The predicted molar refractivity (Wildman–Crippen MR) is 93.0 cm³/mol. The average molecular weight is 361 g/mol. The van der Waals surface area contributed by atoms with Gasteiger partial charge in [0.05, 0.1) is 11.5 Å². The van der Waals surface area contributed by atoms with E-state index in [4.69, 9.17) is 11.6 Å². The Hall–Kier alpha value is -2.60. The highest BCUT2D eigenvalue weighted by Gasteiger charge is 2.41. The van der Waals surface area contributed by atoms with Crippen molar-refractivity contribution in [3.05, 3.63) is 68.6 Å². The fourth-order valence-electron chi connectivity index (χ4n) is 3.30. The molecule has 2 heterocycles. The molecule has 2 atom stereocenters.